The number of hydrogen-bond donors (Lipinski definition) is 1. The first-order chi connectivity index (χ1) is 10.1. The fraction of sp³-hybridized carbons (Fsp3) is 0.333. The van der Waals surface area contributed by atoms with Crippen molar-refractivity contribution >= 4 is 0 Å². The van der Waals surface area contributed by atoms with Gasteiger partial charge in [0.05, 0.1) is 0 Å². The van der Waals surface area contributed by atoms with Crippen LogP contribution in [0.2, 0.25) is 0 Å². The molecular formula is C18H19F2N. The second kappa shape index (κ2) is 5.94. The maximum absolute atomic E-state index is 13.7. The molecule has 1 nitrogen and oxygen atoms in total. The molecule has 21 heavy (non-hydrogen) atoms. The van der Waals surface area contributed by atoms with Crippen molar-refractivity contribution in [2.75, 3.05) is 0 Å². The molecule has 0 amide bonds. The zero-order valence-corrected chi connectivity index (χ0v) is 12.1. The Morgan fingerprint density at radius 2 is 1.81 bits per heavy atom. The van der Waals surface area contributed by atoms with Gasteiger partial charge in [-0.3, -0.25) is 0 Å². The average Bonchev–Trinajstić information content (AvgIpc) is 3.32. The van der Waals surface area contributed by atoms with Crippen molar-refractivity contribution in [2.24, 2.45) is 0 Å². The van der Waals surface area contributed by atoms with E-state index >= 15 is 0 Å². The molecule has 0 bridgehead atoms. The summed E-state index contributed by atoms with van der Waals surface area (Å²) >= 11 is 0. The van der Waals surface area contributed by atoms with Crippen LogP contribution in [0.1, 0.15) is 48.4 Å². The molecule has 0 saturated heterocycles. The highest BCUT2D eigenvalue weighted by atomic mass is 19.1. The second-order valence-electron chi connectivity index (χ2n) is 5.78. The van der Waals surface area contributed by atoms with Gasteiger partial charge in [-0.2, -0.15) is 0 Å². The minimum absolute atomic E-state index is 0.233. The molecule has 3 rings (SSSR count). The molecule has 1 fully saturated rings. The first kappa shape index (κ1) is 14.2. The van der Waals surface area contributed by atoms with Gasteiger partial charge in [0.2, 0.25) is 0 Å². The molecule has 0 aromatic heterocycles. The standard InChI is InChI=1S/C18H19F2N/c1-12(17-10-16(19)8-9-18(17)20)21-11-13-2-4-14(5-3-13)15-6-7-15/h2-5,8-10,12,15,21H,6-7,11H2,1H3. The summed E-state index contributed by atoms with van der Waals surface area (Å²) in [5.41, 5.74) is 2.93. The lowest BCUT2D eigenvalue weighted by atomic mass is 10.1. The first-order valence-electron chi connectivity index (χ1n) is 7.40. The third-order valence-corrected chi connectivity index (χ3v) is 4.07. The fourth-order valence-electron chi connectivity index (χ4n) is 2.55. The van der Waals surface area contributed by atoms with Gasteiger partial charge in [0, 0.05) is 18.2 Å². The average molecular weight is 287 g/mol. The van der Waals surface area contributed by atoms with Gasteiger partial charge in [-0.05, 0) is 55.0 Å². The number of rotatable bonds is 5. The summed E-state index contributed by atoms with van der Waals surface area (Å²) in [4.78, 5) is 0. The van der Waals surface area contributed by atoms with Gasteiger partial charge in [-0.1, -0.05) is 24.3 Å². The summed E-state index contributed by atoms with van der Waals surface area (Å²) in [6.07, 6.45) is 2.60. The number of hydrogen-bond acceptors (Lipinski definition) is 1. The summed E-state index contributed by atoms with van der Waals surface area (Å²) in [6, 6.07) is 11.9. The Kier molecular flexibility index (Phi) is 4.02. The van der Waals surface area contributed by atoms with Gasteiger partial charge < -0.3 is 5.32 Å². The lowest BCUT2D eigenvalue weighted by Gasteiger charge is -2.15. The van der Waals surface area contributed by atoms with Crippen LogP contribution in [0.25, 0.3) is 0 Å². The van der Waals surface area contributed by atoms with E-state index in [4.69, 9.17) is 0 Å². The van der Waals surface area contributed by atoms with Gasteiger partial charge in [0.25, 0.3) is 0 Å². The Morgan fingerprint density at radius 3 is 2.48 bits per heavy atom. The quantitative estimate of drug-likeness (QED) is 0.841. The lowest BCUT2D eigenvalue weighted by molar-refractivity contribution is 0.518. The molecule has 3 heteroatoms. The first-order valence-corrected chi connectivity index (χ1v) is 7.40. The molecule has 0 heterocycles. The SMILES string of the molecule is CC(NCc1ccc(C2CC2)cc1)c1cc(F)ccc1F. The molecule has 1 aliphatic carbocycles. The van der Waals surface area contributed by atoms with E-state index in [-0.39, 0.29) is 11.9 Å². The molecular weight excluding hydrogens is 268 g/mol. The predicted molar refractivity (Wildman–Crippen MR) is 80.0 cm³/mol. The molecule has 1 atom stereocenters. The van der Waals surface area contributed by atoms with E-state index in [9.17, 15) is 8.78 Å². The van der Waals surface area contributed by atoms with Crippen LogP contribution >= 0.6 is 0 Å². The van der Waals surface area contributed by atoms with Crippen LogP contribution in [-0.4, -0.2) is 0 Å². The monoisotopic (exact) mass is 287 g/mol. The molecule has 0 aliphatic heterocycles. The maximum Gasteiger partial charge on any atom is 0.128 e. The third kappa shape index (κ3) is 3.48. The smallest absolute Gasteiger partial charge is 0.128 e. The largest absolute Gasteiger partial charge is 0.306 e. The minimum atomic E-state index is -0.408. The normalized spacial score (nSPS) is 16.0. The Hall–Kier alpha value is -1.74. The van der Waals surface area contributed by atoms with Crippen LogP contribution in [0.3, 0.4) is 0 Å². The molecule has 2 aromatic rings. The van der Waals surface area contributed by atoms with Crippen molar-refractivity contribution < 1.29 is 8.78 Å². The van der Waals surface area contributed by atoms with Crippen molar-refractivity contribution in [3.05, 3.63) is 70.8 Å². The molecule has 1 aliphatic rings. The summed E-state index contributed by atoms with van der Waals surface area (Å²) < 4.78 is 26.9. The van der Waals surface area contributed by atoms with Gasteiger partial charge in [0.1, 0.15) is 11.6 Å². The molecule has 2 aromatic carbocycles. The van der Waals surface area contributed by atoms with Gasteiger partial charge in [-0.25, -0.2) is 8.78 Å². The van der Waals surface area contributed by atoms with E-state index < -0.39 is 5.82 Å². The Balaban J connectivity index is 1.62. The van der Waals surface area contributed by atoms with E-state index in [1.807, 2.05) is 6.92 Å². The topological polar surface area (TPSA) is 12.0 Å². The van der Waals surface area contributed by atoms with Crippen LogP contribution < -0.4 is 5.32 Å². The lowest BCUT2D eigenvalue weighted by Crippen LogP contribution is -2.19. The van der Waals surface area contributed by atoms with Gasteiger partial charge in [-0.15, -0.1) is 0 Å². The number of benzene rings is 2. The van der Waals surface area contributed by atoms with Gasteiger partial charge in [0.15, 0.2) is 0 Å². The number of nitrogens with one attached hydrogen (secondary N) is 1. The zero-order chi connectivity index (χ0) is 14.8. The molecule has 110 valence electrons. The molecule has 1 unspecified atom stereocenters. The molecule has 1 saturated carbocycles. The van der Waals surface area contributed by atoms with Crippen molar-refractivity contribution in [3.63, 3.8) is 0 Å². The van der Waals surface area contributed by atoms with Crippen LogP contribution in [0.4, 0.5) is 8.78 Å². The van der Waals surface area contributed by atoms with E-state index in [1.165, 1.54) is 30.5 Å². The highest BCUT2D eigenvalue weighted by Gasteiger charge is 2.22. The van der Waals surface area contributed by atoms with Crippen LogP contribution in [0.15, 0.2) is 42.5 Å². The highest BCUT2D eigenvalue weighted by molar-refractivity contribution is 5.28. The van der Waals surface area contributed by atoms with E-state index in [0.29, 0.717) is 12.1 Å². The Morgan fingerprint density at radius 1 is 1.10 bits per heavy atom. The Labute approximate surface area is 124 Å². The van der Waals surface area contributed by atoms with E-state index in [1.54, 1.807) is 0 Å². The fourth-order valence-corrected chi connectivity index (χ4v) is 2.55. The minimum Gasteiger partial charge on any atom is -0.306 e. The van der Waals surface area contributed by atoms with Crippen molar-refractivity contribution in [2.45, 2.75) is 38.3 Å². The maximum atomic E-state index is 13.7. The van der Waals surface area contributed by atoms with Crippen LogP contribution in [0.5, 0.6) is 0 Å². The van der Waals surface area contributed by atoms with Gasteiger partial charge >= 0.3 is 0 Å². The molecule has 0 radical (unpaired) electrons. The van der Waals surface area contributed by atoms with Crippen molar-refractivity contribution in [1.82, 2.24) is 5.32 Å². The van der Waals surface area contributed by atoms with E-state index in [2.05, 4.69) is 29.6 Å². The highest BCUT2D eigenvalue weighted by Crippen LogP contribution is 2.39. The van der Waals surface area contributed by atoms with E-state index in [0.717, 1.165) is 17.5 Å². The molecule has 1 N–H and O–H groups in total. The summed E-state index contributed by atoms with van der Waals surface area (Å²) in [5.74, 6) is -0.0263. The summed E-state index contributed by atoms with van der Waals surface area (Å²) in [7, 11) is 0. The summed E-state index contributed by atoms with van der Waals surface area (Å²) in [5, 5.41) is 3.24. The zero-order valence-electron chi connectivity index (χ0n) is 12.1. The van der Waals surface area contributed by atoms with Crippen molar-refractivity contribution in [3.8, 4) is 0 Å². The molecule has 0 spiro atoms. The third-order valence-electron chi connectivity index (χ3n) is 4.07. The van der Waals surface area contributed by atoms with Crippen LogP contribution in [0, 0.1) is 11.6 Å². The summed E-state index contributed by atoms with van der Waals surface area (Å²) in [6.45, 7) is 2.48. The Bertz CT molecular complexity index is 618. The predicted octanol–water partition coefficient (Wildman–Crippen LogP) is 4.69. The van der Waals surface area contributed by atoms with Crippen molar-refractivity contribution in [1.29, 1.82) is 0 Å². The van der Waals surface area contributed by atoms with Crippen LogP contribution in [-0.2, 0) is 6.54 Å². The second-order valence-corrected chi connectivity index (χ2v) is 5.78. The number of halogens is 2.